The molecule has 1 unspecified atom stereocenters. The lowest BCUT2D eigenvalue weighted by molar-refractivity contribution is 0.295. The topological polar surface area (TPSA) is 41.3 Å². The van der Waals surface area contributed by atoms with Gasteiger partial charge in [-0.1, -0.05) is 13.8 Å². The zero-order valence-electron chi connectivity index (χ0n) is 11.1. The minimum Gasteiger partial charge on any atom is -0.397 e. The third-order valence-electron chi connectivity index (χ3n) is 2.92. The second-order valence-corrected chi connectivity index (χ2v) is 5.24. The Kier molecular flexibility index (Phi) is 5.88. The van der Waals surface area contributed by atoms with E-state index in [0.717, 1.165) is 19.6 Å². The Morgan fingerprint density at radius 1 is 1.39 bits per heavy atom. The van der Waals surface area contributed by atoms with Crippen molar-refractivity contribution in [3.8, 4) is 0 Å². The van der Waals surface area contributed by atoms with Crippen molar-refractivity contribution in [1.29, 1.82) is 0 Å². The van der Waals surface area contributed by atoms with Gasteiger partial charge in [0.15, 0.2) is 0 Å². The van der Waals surface area contributed by atoms with Gasteiger partial charge in [-0.3, -0.25) is 0 Å². The molecule has 0 saturated carbocycles. The molecule has 0 aliphatic carbocycles. The fraction of sp³-hybridized carbons (Fsp3) is 0.538. The maximum absolute atomic E-state index is 13.5. The number of benzene rings is 1. The standard InChI is InChI=1S/C13H21BrFN3/c1-4-18(5-2)8-9(3)17-13-7-11(15)10(14)6-12(13)16/h6-7,9,17H,4-5,8,16H2,1-3H3. The van der Waals surface area contributed by atoms with Crippen LogP contribution in [0.1, 0.15) is 20.8 Å². The van der Waals surface area contributed by atoms with Crippen molar-refractivity contribution < 1.29 is 4.39 Å². The van der Waals surface area contributed by atoms with E-state index in [2.05, 4.69) is 46.9 Å². The van der Waals surface area contributed by atoms with Crippen LogP contribution in [0.25, 0.3) is 0 Å². The first-order chi connectivity index (χ1) is 8.47. The number of nitrogens with zero attached hydrogens (tertiary/aromatic N) is 1. The average Bonchev–Trinajstić information content (AvgIpc) is 2.33. The molecule has 0 spiro atoms. The highest BCUT2D eigenvalue weighted by molar-refractivity contribution is 9.10. The van der Waals surface area contributed by atoms with Gasteiger partial charge in [0.1, 0.15) is 5.82 Å². The van der Waals surface area contributed by atoms with Crippen molar-refractivity contribution >= 4 is 27.3 Å². The fourth-order valence-corrected chi connectivity index (χ4v) is 2.23. The Bertz CT molecular complexity index is 394. The van der Waals surface area contributed by atoms with Gasteiger partial charge in [0.2, 0.25) is 0 Å². The predicted octanol–water partition coefficient (Wildman–Crippen LogP) is 3.31. The zero-order valence-corrected chi connectivity index (χ0v) is 12.7. The molecular formula is C13H21BrFN3. The summed E-state index contributed by atoms with van der Waals surface area (Å²) in [4.78, 5) is 2.31. The van der Waals surface area contributed by atoms with Crippen molar-refractivity contribution in [3.63, 3.8) is 0 Å². The zero-order chi connectivity index (χ0) is 13.7. The summed E-state index contributed by atoms with van der Waals surface area (Å²) < 4.78 is 13.8. The summed E-state index contributed by atoms with van der Waals surface area (Å²) in [7, 11) is 0. The lowest BCUT2D eigenvalue weighted by atomic mass is 10.2. The number of nitrogens with two attached hydrogens (primary N) is 1. The monoisotopic (exact) mass is 317 g/mol. The molecular weight excluding hydrogens is 297 g/mol. The van der Waals surface area contributed by atoms with Crippen LogP contribution in [0.3, 0.4) is 0 Å². The number of hydrogen-bond acceptors (Lipinski definition) is 3. The van der Waals surface area contributed by atoms with Crippen LogP contribution in [0.4, 0.5) is 15.8 Å². The predicted molar refractivity (Wildman–Crippen MR) is 79.4 cm³/mol. The summed E-state index contributed by atoms with van der Waals surface area (Å²) in [5, 5.41) is 3.25. The molecule has 102 valence electrons. The number of anilines is 2. The van der Waals surface area contributed by atoms with E-state index in [4.69, 9.17) is 5.73 Å². The Hall–Kier alpha value is -0.810. The van der Waals surface area contributed by atoms with Crippen LogP contribution in [0, 0.1) is 5.82 Å². The first kappa shape index (κ1) is 15.2. The Morgan fingerprint density at radius 3 is 2.56 bits per heavy atom. The van der Waals surface area contributed by atoms with Gasteiger partial charge < -0.3 is 16.0 Å². The van der Waals surface area contributed by atoms with E-state index >= 15 is 0 Å². The molecule has 0 amide bonds. The maximum atomic E-state index is 13.5. The van der Waals surface area contributed by atoms with Gasteiger partial charge in [-0.2, -0.15) is 0 Å². The van der Waals surface area contributed by atoms with Crippen LogP contribution in [0.2, 0.25) is 0 Å². The van der Waals surface area contributed by atoms with Crippen molar-refractivity contribution in [1.82, 2.24) is 4.90 Å². The highest BCUT2D eigenvalue weighted by Gasteiger charge is 2.11. The summed E-state index contributed by atoms with van der Waals surface area (Å²) in [5.41, 5.74) is 7.06. The second-order valence-electron chi connectivity index (χ2n) is 4.38. The van der Waals surface area contributed by atoms with Gasteiger partial charge in [0.05, 0.1) is 15.8 Å². The molecule has 1 aromatic rings. The van der Waals surface area contributed by atoms with Gasteiger partial charge in [-0.25, -0.2) is 4.39 Å². The van der Waals surface area contributed by atoms with Gasteiger partial charge in [-0.05, 0) is 42.0 Å². The van der Waals surface area contributed by atoms with Gasteiger partial charge >= 0.3 is 0 Å². The van der Waals surface area contributed by atoms with E-state index in [1.165, 1.54) is 6.07 Å². The fourth-order valence-electron chi connectivity index (χ4n) is 1.87. The van der Waals surface area contributed by atoms with Crippen LogP contribution in [0.5, 0.6) is 0 Å². The average molecular weight is 318 g/mol. The molecule has 0 saturated heterocycles. The molecule has 3 N–H and O–H groups in total. The maximum Gasteiger partial charge on any atom is 0.139 e. The SMILES string of the molecule is CCN(CC)CC(C)Nc1cc(F)c(Br)cc1N. The van der Waals surface area contributed by atoms with E-state index in [0.29, 0.717) is 15.8 Å². The van der Waals surface area contributed by atoms with E-state index in [9.17, 15) is 4.39 Å². The molecule has 0 fully saturated rings. The van der Waals surface area contributed by atoms with Crippen LogP contribution >= 0.6 is 15.9 Å². The third kappa shape index (κ3) is 4.14. The smallest absolute Gasteiger partial charge is 0.139 e. The normalized spacial score (nSPS) is 12.8. The lowest BCUT2D eigenvalue weighted by Crippen LogP contribution is -2.34. The summed E-state index contributed by atoms with van der Waals surface area (Å²) >= 11 is 3.12. The number of halogens is 2. The first-order valence-electron chi connectivity index (χ1n) is 6.21. The number of nitrogen functional groups attached to an aromatic ring is 1. The summed E-state index contributed by atoms with van der Waals surface area (Å²) in [6.07, 6.45) is 0. The Morgan fingerprint density at radius 2 is 2.00 bits per heavy atom. The molecule has 0 aliphatic heterocycles. The molecule has 18 heavy (non-hydrogen) atoms. The summed E-state index contributed by atoms with van der Waals surface area (Å²) in [5.74, 6) is -0.304. The summed E-state index contributed by atoms with van der Waals surface area (Å²) in [6.45, 7) is 9.25. The van der Waals surface area contributed by atoms with Gasteiger partial charge in [-0.15, -0.1) is 0 Å². The first-order valence-corrected chi connectivity index (χ1v) is 7.00. The van der Waals surface area contributed by atoms with Crippen LogP contribution < -0.4 is 11.1 Å². The van der Waals surface area contributed by atoms with Crippen LogP contribution in [-0.2, 0) is 0 Å². The Balaban J connectivity index is 2.69. The Labute approximate surface area is 117 Å². The van der Waals surface area contributed by atoms with E-state index < -0.39 is 0 Å². The van der Waals surface area contributed by atoms with Crippen LogP contribution in [0.15, 0.2) is 16.6 Å². The van der Waals surface area contributed by atoms with Crippen molar-refractivity contribution in [2.45, 2.75) is 26.8 Å². The molecule has 0 bridgehead atoms. The minimum atomic E-state index is -0.304. The van der Waals surface area contributed by atoms with Crippen molar-refractivity contribution in [2.75, 3.05) is 30.7 Å². The number of likely N-dealkylation sites (N-methyl/N-ethyl adjacent to an activating group) is 1. The number of hydrogen-bond donors (Lipinski definition) is 2. The molecule has 0 aromatic heterocycles. The molecule has 1 rings (SSSR count). The lowest BCUT2D eigenvalue weighted by Gasteiger charge is -2.24. The number of nitrogens with one attached hydrogen (secondary N) is 1. The molecule has 1 atom stereocenters. The van der Waals surface area contributed by atoms with E-state index in [1.807, 2.05) is 0 Å². The largest absolute Gasteiger partial charge is 0.397 e. The second kappa shape index (κ2) is 6.95. The molecule has 0 radical (unpaired) electrons. The highest BCUT2D eigenvalue weighted by Crippen LogP contribution is 2.26. The molecule has 1 aromatic carbocycles. The highest BCUT2D eigenvalue weighted by atomic mass is 79.9. The quantitative estimate of drug-likeness (QED) is 0.791. The third-order valence-corrected chi connectivity index (χ3v) is 3.53. The van der Waals surface area contributed by atoms with E-state index in [1.54, 1.807) is 6.07 Å². The van der Waals surface area contributed by atoms with Crippen molar-refractivity contribution in [2.24, 2.45) is 0 Å². The van der Waals surface area contributed by atoms with Gasteiger partial charge in [0.25, 0.3) is 0 Å². The number of rotatable bonds is 6. The van der Waals surface area contributed by atoms with Gasteiger partial charge in [0, 0.05) is 18.7 Å². The van der Waals surface area contributed by atoms with Crippen LogP contribution in [-0.4, -0.2) is 30.6 Å². The van der Waals surface area contributed by atoms with E-state index in [-0.39, 0.29) is 11.9 Å². The molecule has 3 nitrogen and oxygen atoms in total. The summed E-state index contributed by atoms with van der Waals surface area (Å²) in [6, 6.07) is 3.23. The molecule has 0 heterocycles. The molecule has 5 heteroatoms. The molecule has 0 aliphatic rings. The minimum absolute atomic E-state index is 0.216. The van der Waals surface area contributed by atoms with Crippen molar-refractivity contribution in [3.05, 3.63) is 22.4 Å².